The van der Waals surface area contributed by atoms with Crippen LogP contribution in [0.1, 0.15) is 44.6 Å². The lowest BCUT2D eigenvalue weighted by Crippen LogP contribution is -2.40. The lowest BCUT2D eigenvalue weighted by atomic mass is 9.78. The minimum atomic E-state index is -0.612. The van der Waals surface area contributed by atoms with Gasteiger partial charge >= 0.3 is 0 Å². The van der Waals surface area contributed by atoms with E-state index in [1.165, 1.54) is 6.42 Å². The molecule has 0 saturated heterocycles. The molecule has 2 aromatic rings. The Bertz CT molecular complexity index is 614. The van der Waals surface area contributed by atoms with Gasteiger partial charge < -0.3 is 10.4 Å². The Kier molecular flexibility index (Phi) is 3.85. The number of hydrogen-bond donors (Lipinski definition) is 2. The molecule has 0 amide bonds. The standard InChI is InChI=1S/C16H24N4O/c1-3-13-4-7-16(21,8-5-13)11-17-15-18-14-10-12(2)6-9-20(14)19-15/h6,9-10,13,21H,3-5,7-8,11H2,1-2H3,(H,17,19). The molecule has 5 heteroatoms. The highest BCUT2D eigenvalue weighted by Crippen LogP contribution is 2.33. The van der Waals surface area contributed by atoms with Gasteiger partial charge in [-0.15, -0.1) is 5.10 Å². The molecule has 0 spiro atoms. The summed E-state index contributed by atoms with van der Waals surface area (Å²) in [4.78, 5) is 4.45. The normalized spacial score (nSPS) is 26.1. The minimum Gasteiger partial charge on any atom is -0.388 e. The molecule has 1 fully saturated rings. The van der Waals surface area contributed by atoms with Crippen LogP contribution in [0.3, 0.4) is 0 Å². The van der Waals surface area contributed by atoms with Crippen LogP contribution in [0, 0.1) is 12.8 Å². The van der Waals surface area contributed by atoms with E-state index >= 15 is 0 Å². The summed E-state index contributed by atoms with van der Waals surface area (Å²) < 4.78 is 1.76. The average Bonchev–Trinajstić information content (AvgIpc) is 2.88. The zero-order chi connectivity index (χ0) is 14.9. The fraction of sp³-hybridized carbons (Fsp3) is 0.625. The maximum Gasteiger partial charge on any atom is 0.243 e. The Morgan fingerprint density at radius 3 is 2.90 bits per heavy atom. The van der Waals surface area contributed by atoms with Gasteiger partial charge in [0.05, 0.1) is 5.60 Å². The smallest absolute Gasteiger partial charge is 0.243 e. The van der Waals surface area contributed by atoms with Crippen LogP contribution in [-0.2, 0) is 0 Å². The number of aryl methyl sites for hydroxylation is 1. The number of hydrogen-bond acceptors (Lipinski definition) is 4. The topological polar surface area (TPSA) is 62.5 Å². The zero-order valence-electron chi connectivity index (χ0n) is 12.8. The van der Waals surface area contributed by atoms with Crippen molar-refractivity contribution in [3.63, 3.8) is 0 Å². The highest BCUT2D eigenvalue weighted by Gasteiger charge is 2.32. The van der Waals surface area contributed by atoms with Gasteiger partial charge in [-0.1, -0.05) is 13.3 Å². The number of aromatic nitrogens is 3. The van der Waals surface area contributed by atoms with E-state index in [1.807, 2.05) is 25.3 Å². The molecule has 2 aromatic heterocycles. The molecule has 2 heterocycles. The first-order valence-corrected chi connectivity index (χ1v) is 7.87. The number of fused-ring (bicyclic) bond motifs is 1. The number of nitrogens with one attached hydrogen (secondary N) is 1. The van der Waals surface area contributed by atoms with E-state index in [2.05, 4.69) is 22.3 Å². The molecule has 21 heavy (non-hydrogen) atoms. The Balaban J connectivity index is 1.63. The number of nitrogens with zero attached hydrogens (tertiary/aromatic N) is 3. The van der Waals surface area contributed by atoms with E-state index in [0.29, 0.717) is 12.5 Å². The van der Waals surface area contributed by atoms with Crippen LogP contribution in [0.25, 0.3) is 5.65 Å². The van der Waals surface area contributed by atoms with E-state index in [-0.39, 0.29) is 0 Å². The van der Waals surface area contributed by atoms with E-state index < -0.39 is 5.60 Å². The third-order valence-electron chi connectivity index (χ3n) is 4.68. The van der Waals surface area contributed by atoms with E-state index in [4.69, 9.17) is 0 Å². The molecule has 0 bridgehead atoms. The van der Waals surface area contributed by atoms with Crippen molar-refractivity contribution < 1.29 is 5.11 Å². The Hall–Kier alpha value is -1.62. The molecular formula is C16H24N4O. The van der Waals surface area contributed by atoms with Gasteiger partial charge in [0.15, 0.2) is 5.65 Å². The summed E-state index contributed by atoms with van der Waals surface area (Å²) in [7, 11) is 0. The van der Waals surface area contributed by atoms with Gasteiger partial charge in [-0.05, 0) is 56.2 Å². The van der Waals surface area contributed by atoms with Crippen LogP contribution in [0.5, 0.6) is 0 Å². The Labute approximate surface area is 125 Å². The van der Waals surface area contributed by atoms with Crippen LogP contribution in [-0.4, -0.2) is 31.9 Å². The molecule has 2 N–H and O–H groups in total. The monoisotopic (exact) mass is 288 g/mol. The number of aliphatic hydroxyl groups is 1. The molecule has 5 nitrogen and oxygen atoms in total. The maximum atomic E-state index is 10.6. The largest absolute Gasteiger partial charge is 0.388 e. The van der Waals surface area contributed by atoms with Crippen molar-refractivity contribution in [2.45, 2.75) is 51.6 Å². The number of rotatable bonds is 4. The third-order valence-corrected chi connectivity index (χ3v) is 4.68. The van der Waals surface area contributed by atoms with Crippen molar-refractivity contribution in [1.29, 1.82) is 0 Å². The zero-order valence-corrected chi connectivity index (χ0v) is 12.8. The Morgan fingerprint density at radius 2 is 2.19 bits per heavy atom. The molecule has 0 aromatic carbocycles. The predicted octanol–water partition coefficient (Wildman–Crippen LogP) is 2.78. The molecular weight excluding hydrogens is 264 g/mol. The summed E-state index contributed by atoms with van der Waals surface area (Å²) in [5.74, 6) is 1.37. The van der Waals surface area contributed by atoms with Gasteiger partial charge in [-0.2, -0.15) is 4.98 Å². The van der Waals surface area contributed by atoms with Gasteiger partial charge in [-0.3, -0.25) is 0 Å². The van der Waals surface area contributed by atoms with Gasteiger partial charge in [-0.25, -0.2) is 4.52 Å². The summed E-state index contributed by atoms with van der Waals surface area (Å²) in [6, 6.07) is 4.00. The fourth-order valence-electron chi connectivity index (χ4n) is 3.10. The minimum absolute atomic E-state index is 0.527. The predicted molar refractivity (Wildman–Crippen MR) is 83.4 cm³/mol. The van der Waals surface area contributed by atoms with Crippen molar-refractivity contribution in [3.05, 3.63) is 23.9 Å². The van der Waals surface area contributed by atoms with Gasteiger partial charge in [0.2, 0.25) is 5.95 Å². The Morgan fingerprint density at radius 1 is 1.43 bits per heavy atom. The molecule has 0 unspecified atom stereocenters. The third kappa shape index (κ3) is 3.18. The second kappa shape index (κ2) is 5.64. The van der Waals surface area contributed by atoms with Crippen LogP contribution in [0.15, 0.2) is 18.3 Å². The summed E-state index contributed by atoms with van der Waals surface area (Å²) in [5.41, 5.74) is 1.39. The van der Waals surface area contributed by atoms with Crippen LogP contribution in [0.4, 0.5) is 5.95 Å². The first-order valence-electron chi connectivity index (χ1n) is 7.87. The maximum absolute atomic E-state index is 10.6. The molecule has 0 radical (unpaired) electrons. The fourth-order valence-corrected chi connectivity index (χ4v) is 3.10. The summed E-state index contributed by atoms with van der Waals surface area (Å²) in [6.07, 6.45) is 7.09. The van der Waals surface area contributed by atoms with Crippen molar-refractivity contribution >= 4 is 11.6 Å². The second-order valence-electron chi connectivity index (χ2n) is 6.37. The van der Waals surface area contributed by atoms with Crippen LogP contribution >= 0.6 is 0 Å². The quantitative estimate of drug-likeness (QED) is 0.908. The van der Waals surface area contributed by atoms with Crippen molar-refractivity contribution in [3.8, 4) is 0 Å². The molecule has 1 aliphatic carbocycles. The van der Waals surface area contributed by atoms with E-state index in [0.717, 1.165) is 42.8 Å². The molecule has 1 aliphatic rings. The molecule has 0 aliphatic heterocycles. The summed E-state index contributed by atoms with van der Waals surface area (Å²) >= 11 is 0. The summed E-state index contributed by atoms with van der Waals surface area (Å²) in [5, 5.41) is 18.2. The van der Waals surface area contributed by atoms with Gasteiger partial charge in [0.1, 0.15) is 0 Å². The van der Waals surface area contributed by atoms with E-state index in [1.54, 1.807) is 4.52 Å². The lowest BCUT2D eigenvalue weighted by Gasteiger charge is -2.35. The first-order chi connectivity index (χ1) is 10.1. The van der Waals surface area contributed by atoms with Crippen LogP contribution < -0.4 is 5.32 Å². The highest BCUT2D eigenvalue weighted by atomic mass is 16.3. The van der Waals surface area contributed by atoms with Crippen molar-refractivity contribution in [2.24, 2.45) is 5.92 Å². The second-order valence-corrected chi connectivity index (χ2v) is 6.37. The lowest BCUT2D eigenvalue weighted by molar-refractivity contribution is 0.00216. The summed E-state index contributed by atoms with van der Waals surface area (Å²) in [6.45, 7) is 4.80. The average molecular weight is 288 g/mol. The number of pyridine rings is 1. The van der Waals surface area contributed by atoms with Crippen molar-refractivity contribution in [2.75, 3.05) is 11.9 Å². The first kappa shape index (κ1) is 14.3. The van der Waals surface area contributed by atoms with Gasteiger partial charge in [0.25, 0.3) is 0 Å². The molecule has 3 rings (SSSR count). The van der Waals surface area contributed by atoms with E-state index in [9.17, 15) is 5.11 Å². The SMILES string of the molecule is CCC1CCC(O)(CNc2nc3cc(C)ccn3n2)CC1. The van der Waals surface area contributed by atoms with Crippen molar-refractivity contribution in [1.82, 2.24) is 14.6 Å². The van der Waals surface area contributed by atoms with Crippen LogP contribution in [0.2, 0.25) is 0 Å². The molecule has 114 valence electrons. The number of anilines is 1. The molecule has 0 atom stereocenters. The highest BCUT2D eigenvalue weighted by molar-refractivity contribution is 5.45. The van der Waals surface area contributed by atoms with Gasteiger partial charge in [0, 0.05) is 12.7 Å². The molecule has 1 saturated carbocycles.